The van der Waals surface area contributed by atoms with Gasteiger partial charge in [-0.2, -0.15) is 0 Å². The molecular weight excluding hydrogens is 360 g/mol. The number of amides is 1. The summed E-state index contributed by atoms with van der Waals surface area (Å²) >= 11 is 0. The summed E-state index contributed by atoms with van der Waals surface area (Å²) in [5.41, 5.74) is 3.77. The molecule has 0 heterocycles. The van der Waals surface area contributed by atoms with Crippen LogP contribution in [0, 0.1) is 13.8 Å². The van der Waals surface area contributed by atoms with Gasteiger partial charge in [0.1, 0.15) is 6.04 Å². The number of nitrogens with one attached hydrogen (secondary N) is 1. The first-order valence-electron chi connectivity index (χ1n) is 9.07. The van der Waals surface area contributed by atoms with E-state index >= 15 is 0 Å². The zero-order chi connectivity index (χ0) is 20.2. The molecule has 0 aliphatic carbocycles. The van der Waals surface area contributed by atoms with Gasteiger partial charge in [0.15, 0.2) is 0 Å². The van der Waals surface area contributed by atoms with Crippen LogP contribution in [-0.2, 0) is 14.8 Å². The molecule has 6 heteroatoms. The minimum atomic E-state index is -3.62. The van der Waals surface area contributed by atoms with E-state index in [0.717, 1.165) is 22.9 Å². The molecule has 2 atom stereocenters. The highest BCUT2D eigenvalue weighted by atomic mass is 32.2. The maximum atomic E-state index is 13.0. The van der Waals surface area contributed by atoms with Crippen molar-refractivity contribution in [1.29, 1.82) is 0 Å². The Bertz CT molecular complexity index is 895. The number of hydrogen-bond donors (Lipinski definition) is 1. The Morgan fingerprint density at radius 3 is 2.26 bits per heavy atom. The molecular formula is C21H28N2O3S. The summed E-state index contributed by atoms with van der Waals surface area (Å²) < 4.78 is 26.1. The molecule has 146 valence electrons. The zero-order valence-corrected chi connectivity index (χ0v) is 17.4. The Kier molecular flexibility index (Phi) is 6.65. The predicted molar refractivity (Wildman–Crippen MR) is 110 cm³/mol. The number of para-hydroxylation sites is 1. The van der Waals surface area contributed by atoms with Gasteiger partial charge in [0.2, 0.25) is 15.9 Å². The number of hydrogen-bond acceptors (Lipinski definition) is 3. The molecule has 2 rings (SSSR count). The quantitative estimate of drug-likeness (QED) is 0.786. The largest absolute Gasteiger partial charge is 0.348 e. The average molecular weight is 389 g/mol. The van der Waals surface area contributed by atoms with Crippen LogP contribution in [-0.4, -0.2) is 26.6 Å². The molecule has 0 saturated heterocycles. The number of benzene rings is 2. The van der Waals surface area contributed by atoms with Gasteiger partial charge in [-0.25, -0.2) is 8.42 Å². The van der Waals surface area contributed by atoms with Crippen LogP contribution in [0.3, 0.4) is 0 Å². The van der Waals surface area contributed by atoms with E-state index < -0.39 is 16.1 Å². The first-order valence-corrected chi connectivity index (χ1v) is 10.9. The van der Waals surface area contributed by atoms with E-state index in [1.807, 2.05) is 45.9 Å². The molecule has 0 unspecified atom stereocenters. The number of anilines is 1. The first-order chi connectivity index (χ1) is 12.6. The maximum absolute atomic E-state index is 13.0. The summed E-state index contributed by atoms with van der Waals surface area (Å²) in [5, 5.41) is 2.98. The summed E-state index contributed by atoms with van der Waals surface area (Å²) in [4.78, 5) is 13.0. The lowest BCUT2D eigenvalue weighted by molar-refractivity contribution is -0.122. The standard InChI is InChI=1S/C21H28N2O3S/c1-6-20(23(27(5,25)26)18-10-8-7-9-11-18)21(24)22-17(4)19-13-12-15(2)14-16(19)3/h7-14,17,20H,6H2,1-5H3,(H,22,24)/t17-,20-/m1/s1. The fourth-order valence-electron chi connectivity index (χ4n) is 3.33. The highest BCUT2D eigenvalue weighted by Crippen LogP contribution is 2.24. The lowest BCUT2D eigenvalue weighted by atomic mass is 10.00. The molecule has 0 aliphatic rings. The van der Waals surface area contributed by atoms with Gasteiger partial charge in [-0.15, -0.1) is 0 Å². The van der Waals surface area contributed by atoms with Crippen LogP contribution >= 0.6 is 0 Å². The van der Waals surface area contributed by atoms with E-state index in [1.165, 1.54) is 4.31 Å². The lowest BCUT2D eigenvalue weighted by Crippen LogP contribution is -2.49. The van der Waals surface area contributed by atoms with Crippen molar-refractivity contribution in [1.82, 2.24) is 5.32 Å². The Morgan fingerprint density at radius 1 is 1.11 bits per heavy atom. The Morgan fingerprint density at radius 2 is 1.74 bits per heavy atom. The van der Waals surface area contributed by atoms with Crippen LogP contribution in [0.1, 0.15) is 43.0 Å². The van der Waals surface area contributed by atoms with Gasteiger partial charge in [0.25, 0.3) is 0 Å². The van der Waals surface area contributed by atoms with Crippen molar-refractivity contribution in [2.75, 3.05) is 10.6 Å². The Hall–Kier alpha value is -2.34. The second-order valence-electron chi connectivity index (χ2n) is 6.91. The zero-order valence-electron chi connectivity index (χ0n) is 16.6. The van der Waals surface area contributed by atoms with E-state index in [0.29, 0.717) is 12.1 Å². The van der Waals surface area contributed by atoms with Crippen LogP contribution in [0.25, 0.3) is 0 Å². The van der Waals surface area contributed by atoms with Gasteiger partial charge >= 0.3 is 0 Å². The van der Waals surface area contributed by atoms with Gasteiger partial charge < -0.3 is 5.32 Å². The summed E-state index contributed by atoms with van der Waals surface area (Å²) in [6.07, 6.45) is 1.50. The van der Waals surface area contributed by atoms with Crippen LogP contribution in [0.5, 0.6) is 0 Å². The van der Waals surface area contributed by atoms with Gasteiger partial charge in [0, 0.05) is 0 Å². The Labute approximate surface area is 162 Å². The molecule has 2 aromatic rings. The van der Waals surface area contributed by atoms with Crippen LogP contribution < -0.4 is 9.62 Å². The van der Waals surface area contributed by atoms with Crippen molar-refractivity contribution in [2.45, 2.75) is 46.2 Å². The van der Waals surface area contributed by atoms with E-state index in [-0.39, 0.29) is 11.9 Å². The molecule has 1 N–H and O–H groups in total. The van der Waals surface area contributed by atoms with Crippen molar-refractivity contribution in [2.24, 2.45) is 0 Å². The third kappa shape index (κ3) is 5.10. The molecule has 2 aromatic carbocycles. The van der Waals surface area contributed by atoms with Crippen molar-refractivity contribution in [3.8, 4) is 0 Å². The van der Waals surface area contributed by atoms with Crippen LogP contribution in [0.4, 0.5) is 5.69 Å². The van der Waals surface area contributed by atoms with Crippen molar-refractivity contribution >= 4 is 21.6 Å². The maximum Gasteiger partial charge on any atom is 0.244 e. The molecule has 0 aromatic heterocycles. The second-order valence-corrected chi connectivity index (χ2v) is 8.77. The van der Waals surface area contributed by atoms with Crippen LogP contribution in [0.15, 0.2) is 48.5 Å². The fourth-order valence-corrected chi connectivity index (χ4v) is 4.55. The fraction of sp³-hybridized carbons (Fsp3) is 0.381. The van der Waals surface area contributed by atoms with E-state index in [4.69, 9.17) is 0 Å². The summed E-state index contributed by atoms with van der Waals surface area (Å²) in [5.74, 6) is -0.306. The number of carbonyl (C=O) groups excluding carboxylic acids is 1. The Balaban J connectivity index is 2.30. The summed E-state index contributed by atoms with van der Waals surface area (Å²) in [6.45, 7) is 7.76. The van der Waals surface area contributed by atoms with Gasteiger partial charge in [-0.05, 0) is 50.5 Å². The summed E-state index contributed by atoms with van der Waals surface area (Å²) in [7, 11) is -3.62. The smallest absolute Gasteiger partial charge is 0.244 e. The van der Waals surface area contributed by atoms with Crippen LogP contribution in [0.2, 0.25) is 0 Å². The van der Waals surface area contributed by atoms with Crippen molar-refractivity contribution < 1.29 is 13.2 Å². The number of sulfonamides is 1. The lowest BCUT2D eigenvalue weighted by Gasteiger charge is -2.31. The highest BCUT2D eigenvalue weighted by molar-refractivity contribution is 7.92. The second kappa shape index (κ2) is 8.57. The molecule has 0 radical (unpaired) electrons. The average Bonchev–Trinajstić information content (AvgIpc) is 2.58. The van der Waals surface area contributed by atoms with Crippen molar-refractivity contribution in [3.63, 3.8) is 0 Å². The minimum Gasteiger partial charge on any atom is -0.348 e. The third-order valence-corrected chi connectivity index (χ3v) is 5.77. The number of rotatable bonds is 7. The number of aryl methyl sites for hydroxylation is 2. The van der Waals surface area contributed by atoms with E-state index in [2.05, 4.69) is 11.4 Å². The predicted octanol–water partition coefficient (Wildman–Crippen LogP) is 3.73. The summed E-state index contributed by atoms with van der Waals surface area (Å²) in [6, 6.07) is 13.8. The monoisotopic (exact) mass is 388 g/mol. The molecule has 5 nitrogen and oxygen atoms in total. The van der Waals surface area contributed by atoms with E-state index in [9.17, 15) is 13.2 Å². The normalized spacial score (nSPS) is 13.7. The topological polar surface area (TPSA) is 66.5 Å². The van der Waals surface area contributed by atoms with Gasteiger partial charge in [-0.1, -0.05) is 48.9 Å². The third-order valence-electron chi connectivity index (χ3n) is 4.59. The highest BCUT2D eigenvalue weighted by Gasteiger charge is 2.32. The molecule has 0 aliphatic heterocycles. The van der Waals surface area contributed by atoms with Gasteiger partial charge in [-0.3, -0.25) is 9.10 Å². The molecule has 0 spiro atoms. The van der Waals surface area contributed by atoms with E-state index in [1.54, 1.807) is 24.3 Å². The number of nitrogens with zero attached hydrogens (tertiary/aromatic N) is 1. The molecule has 1 amide bonds. The SMILES string of the molecule is CC[C@H](C(=O)N[C@H](C)c1ccc(C)cc1C)N(c1ccccc1)S(C)(=O)=O. The molecule has 0 bridgehead atoms. The van der Waals surface area contributed by atoms with Gasteiger partial charge in [0.05, 0.1) is 18.0 Å². The van der Waals surface area contributed by atoms with Crippen molar-refractivity contribution in [3.05, 3.63) is 65.2 Å². The molecule has 0 saturated carbocycles. The minimum absolute atomic E-state index is 0.218. The molecule has 0 fully saturated rings. The molecule has 27 heavy (non-hydrogen) atoms. The first kappa shape index (κ1) is 21.0. The number of carbonyl (C=O) groups is 1.